The van der Waals surface area contributed by atoms with Gasteiger partial charge in [0.1, 0.15) is 12.4 Å². The van der Waals surface area contributed by atoms with Crippen LogP contribution in [0.15, 0.2) is 46.9 Å². The van der Waals surface area contributed by atoms with Gasteiger partial charge in [0, 0.05) is 17.3 Å². The molecule has 2 rings (SSSR count). The third kappa shape index (κ3) is 5.81. The average molecular weight is 434 g/mol. The highest BCUT2D eigenvalue weighted by Gasteiger charge is 2.15. The fraction of sp³-hybridized carbons (Fsp3) is 0.167. The SMILES string of the molecule is COCCOc1ccc(Br)cc1C(=O)NC(=S)Nc1cccc(C#N)c1. The van der Waals surface area contributed by atoms with Gasteiger partial charge in [0.05, 0.1) is 23.8 Å². The van der Waals surface area contributed by atoms with Crippen LogP contribution in [0.3, 0.4) is 0 Å². The minimum absolute atomic E-state index is 0.118. The number of nitrogens with zero attached hydrogens (tertiary/aromatic N) is 1. The minimum Gasteiger partial charge on any atom is -0.490 e. The molecule has 0 heterocycles. The molecule has 0 aliphatic heterocycles. The van der Waals surface area contributed by atoms with E-state index in [2.05, 4.69) is 26.6 Å². The summed E-state index contributed by atoms with van der Waals surface area (Å²) in [6, 6.07) is 14.0. The molecule has 134 valence electrons. The highest BCUT2D eigenvalue weighted by Crippen LogP contribution is 2.23. The van der Waals surface area contributed by atoms with Gasteiger partial charge in [-0.15, -0.1) is 0 Å². The normalized spacial score (nSPS) is 9.88. The van der Waals surface area contributed by atoms with Gasteiger partial charge in [0.2, 0.25) is 0 Å². The van der Waals surface area contributed by atoms with Crippen LogP contribution < -0.4 is 15.4 Å². The van der Waals surface area contributed by atoms with Gasteiger partial charge in [-0.05, 0) is 48.6 Å². The molecule has 2 N–H and O–H groups in total. The quantitative estimate of drug-likeness (QED) is 0.535. The van der Waals surface area contributed by atoms with Crippen LogP contribution in [0.25, 0.3) is 0 Å². The number of halogens is 1. The van der Waals surface area contributed by atoms with Crippen molar-refractivity contribution in [3.8, 4) is 11.8 Å². The minimum atomic E-state index is -0.410. The van der Waals surface area contributed by atoms with E-state index in [0.29, 0.717) is 35.8 Å². The Hall–Kier alpha value is -2.47. The van der Waals surface area contributed by atoms with Crippen LogP contribution in [0.5, 0.6) is 5.75 Å². The second kappa shape index (κ2) is 9.87. The number of nitriles is 1. The van der Waals surface area contributed by atoms with Gasteiger partial charge in [-0.3, -0.25) is 10.1 Å². The topological polar surface area (TPSA) is 83.4 Å². The zero-order valence-corrected chi connectivity index (χ0v) is 16.3. The van der Waals surface area contributed by atoms with Gasteiger partial charge in [0.25, 0.3) is 5.91 Å². The summed E-state index contributed by atoms with van der Waals surface area (Å²) in [5.41, 5.74) is 1.44. The van der Waals surface area contributed by atoms with E-state index in [1.165, 1.54) is 0 Å². The summed E-state index contributed by atoms with van der Waals surface area (Å²) in [5, 5.41) is 14.5. The molecule has 1 amide bonds. The van der Waals surface area contributed by atoms with Crippen LogP contribution in [-0.4, -0.2) is 31.3 Å². The van der Waals surface area contributed by atoms with Gasteiger partial charge >= 0.3 is 0 Å². The lowest BCUT2D eigenvalue weighted by Gasteiger charge is -2.13. The van der Waals surface area contributed by atoms with Crippen molar-refractivity contribution in [2.24, 2.45) is 0 Å². The van der Waals surface area contributed by atoms with Gasteiger partial charge in [-0.2, -0.15) is 5.26 Å². The van der Waals surface area contributed by atoms with Crippen molar-refractivity contribution < 1.29 is 14.3 Å². The number of amides is 1. The second-order valence-corrected chi connectivity index (χ2v) is 6.41. The molecule has 0 saturated carbocycles. The molecule has 0 unspecified atom stereocenters. The molecule has 0 saturated heterocycles. The van der Waals surface area contributed by atoms with Crippen molar-refractivity contribution in [3.63, 3.8) is 0 Å². The Morgan fingerprint density at radius 3 is 2.81 bits per heavy atom. The molecule has 0 spiro atoms. The van der Waals surface area contributed by atoms with E-state index in [1.54, 1.807) is 49.6 Å². The van der Waals surface area contributed by atoms with Crippen LogP contribution in [0.2, 0.25) is 0 Å². The number of methoxy groups -OCH3 is 1. The van der Waals surface area contributed by atoms with Crippen molar-refractivity contribution in [2.75, 3.05) is 25.6 Å². The molecule has 0 aromatic heterocycles. The highest BCUT2D eigenvalue weighted by molar-refractivity contribution is 9.10. The monoisotopic (exact) mass is 433 g/mol. The first-order chi connectivity index (χ1) is 12.5. The van der Waals surface area contributed by atoms with Crippen LogP contribution in [-0.2, 0) is 4.74 Å². The third-order valence-electron chi connectivity index (χ3n) is 3.21. The number of thiocarbonyl (C=S) groups is 1. The molecule has 0 radical (unpaired) electrons. The predicted octanol–water partition coefficient (Wildman–Crippen LogP) is 3.47. The van der Waals surface area contributed by atoms with Crippen molar-refractivity contribution in [2.45, 2.75) is 0 Å². The molecule has 2 aromatic rings. The summed E-state index contributed by atoms with van der Waals surface area (Å²) in [6.45, 7) is 0.731. The zero-order valence-electron chi connectivity index (χ0n) is 13.9. The van der Waals surface area contributed by atoms with E-state index >= 15 is 0 Å². The number of nitrogens with one attached hydrogen (secondary N) is 2. The summed E-state index contributed by atoms with van der Waals surface area (Å²) in [7, 11) is 1.57. The van der Waals surface area contributed by atoms with Crippen LogP contribution in [0.4, 0.5) is 5.69 Å². The lowest BCUT2D eigenvalue weighted by molar-refractivity contribution is 0.0969. The van der Waals surface area contributed by atoms with Gasteiger partial charge in [-0.1, -0.05) is 22.0 Å². The Balaban J connectivity index is 2.07. The Morgan fingerprint density at radius 2 is 2.08 bits per heavy atom. The average Bonchev–Trinajstić information content (AvgIpc) is 2.63. The molecule has 0 fully saturated rings. The van der Waals surface area contributed by atoms with Crippen LogP contribution in [0, 0.1) is 11.3 Å². The van der Waals surface area contributed by atoms with Crippen molar-refractivity contribution in [1.82, 2.24) is 5.32 Å². The fourth-order valence-electron chi connectivity index (χ4n) is 2.04. The Morgan fingerprint density at radius 1 is 1.27 bits per heavy atom. The number of carbonyl (C=O) groups is 1. The number of anilines is 1. The zero-order chi connectivity index (χ0) is 18.9. The van der Waals surface area contributed by atoms with E-state index < -0.39 is 5.91 Å². The molecule has 0 bridgehead atoms. The Kier molecular flexibility index (Phi) is 7.53. The molecule has 0 aliphatic carbocycles. The summed E-state index contributed by atoms with van der Waals surface area (Å²) >= 11 is 8.52. The first-order valence-electron chi connectivity index (χ1n) is 7.57. The molecular formula is C18H16BrN3O3S. The largest absolute Gasteiger partial charge is 0.490 e. The predicted molar refractivity (Wildman–Crippen MR) is 106 cm³/mol. The number of ether oxygens (including phenoxy) is 2. The summed E-state index contributed by atoms with van der Waals surface area (Å²) in [5.74, 6) is 0.0182. The van der Waals surface area contributed by atoms with Crippen LogP contribution >= 0.6 is 28.1 Å². The standard InChI is InChI=1S/C18H16BrN3O3S/c1-24-7-8-25-16-6-5-13(19)10-15(16)17(23)22-18(26)21-14-4-2-3-12(9-14)11-20/h2-6,9-10H,7-8H2,1H3,(H2,21,22,23,26). The maximum absolute atomic E-state index is 12.6. The second-order valence-electron chi connectivity index (χ2n) is 5.08. The number of hydrogen-bond donors (Lipinski definition) is 2. The number of hydrogen-bond acceptors (Lipinski definition) is 5. The molecule has 0 aliphatic rings. The van der Waals surface area contributed by atoms with Crippen LogP contribution in [0.1, 0.15) is 15.9 Å². The molecule has 8 heteroatoms. The first-order valence-corrected chi connectivity index (χ1v) is 8.77. The Bertz CT molecular complexity index is 852. The highest BCUT2D eigenvalue weighted by atomic mass is 79.9. The van der Waals surface area contributed by atoms with Crippen molar-refractivity contribution in [1.29, 1.82) is 5.26 Å². The van der Waals surface area contributed by atoms with Gasteiger partial charge in [0.15, 0.2) is 5.11 Å². The molecular weight excluding hydrogens is 418 g/mol. The van der Waals surface area contributed by atoms with E-state index in [1.807, 2.05) is 6.07 Å². The number of rotatable bonds is 6. The first kappa shape index (κ1) is 19.8. The summed E-state index contributed by atoms with van der Waals surface area (Å²) in [4.78, 5) is 12.6. The maximum atomic E-state index is 12.6. The van der Waals surface area contributed by atoms with Gasteiger partial charge in [-0.25, -0.2) is 0 Å². The number of benzene rings is 2. The van der Waals surface area contributed by atoms with Crippen molar-refractivity contribution in [3.05, 3.63) is 58.1 Å². The van der Waals surface area contributed by atoms with E-state index in [-0.39, 0.29) is 5.11 Å². The summed E-state index contributed by atoms with van der Waals surface area (Å²) < 4.78 is 11.3. The maximum Gasteiger partial charge on any atom is 0.261 e. The Labute approximate surface area is 165 Å². The van der Waals surface area contributed by atoms with E-state index in [0.717, 1.165) is 4.47 Å². The van der Waals surface area contributed by atoms with E-state index in [9.17, 15) is 4.79 Å². The smallest absolute Gasteiger partial charge is 0.261 e. The van der Waals surface area contributed by atoms with Crippen molar-refractivity contribution >= 4 is 44.9 Å². The van der Waals surface area contributed by atoms with Gasteiger partial charge < -0.3 is 14.8 Å². The molecule has 6 nitrogen and oxygen atoms in total. The molecule has 26 heavy (non-hydrogen) atoms. The molecule has 0 atom stereocenters. The molecule has 2 aromatic carbocycles. The lowest BCUT2D eigenvalue weighted by Crippen LogP contribution is -2.34. The van der Waals surface area contributed by atoms with E-state index in [4.69, 9.17) is 27.0 Å². The third-order valence-corrected chi connectivity index (χ3v) is 3.91. The summed E-state index contributed by atoms with van der Waals surface area (Å²) in [6.07, 6.45) is 0. The lowest BCUT2D eigenvalue weighted by atomic mass is 10.2. The fourth-order valence-corrected chi connectivity index (χ4v) is 2.61. The number of carbonyl (C=O) groups excluding carboxylic acids is 1.